The van der Waals surface area contributed by atoms with Crippen molar-refractivity contribution in [1.82, 2.24) is 29.9 Å². The molecule has 0 aliphatic heterocycles. The second kappa shape index (κ2) is 13.5. The minimum Gasteiger partial charge on any atom is -0.208 e. The molecule has 6 aromatic carbocycles. The van der Waals surface area contributed by atoms with Gasteiger partial charge in [0.25, 0.3) is 0 Å². The van der Waals surface area contributed by atoms with Crippen LogP contribution in [0.25, 0.3) is 79.5 Å². The number of nitrogens with zero attached hydrogens (tertiary/aromatic N) is 7. The Balaban J connectivity index is 1.17. The molecule has 234 valence electrons. The molecule has 0 atom stereocenters. The molecule has 0 amide bonds. The lowest BCUT2D eigenvalue weighted by atomic mass is 10.0. The van der Waals surface area contributed by atoms with Crippen molar-refractivity contribution in [3.05, 3.63) is 169 Å². The second-order valence-corrected chi connectivity index (χ2v) is 11.5. The Bertz CT molecular complexity index is 2420. The molecule has 0 radical (unpaired) electrons. The van der Waals surface area contributed by atoms with Gasteiger partial charge in [0.2, 0.25) is 0 Å². The zero-order valence-corrected chi connectivity index (χ0v) is 26.7. The third kappa shape index (κ3) is 6.25. The molecule has 7 heteroatoms. The summed E-state index contributed by atoms with van der Waals surface area (Å²) in [6.07, 6.45) is 0. The summed E-state index contributed by atoms with van der Waals surface area (Å²) in [5.74, 6) is 3.34. The molecule has 0 saturated carbocycles. The Morgan fingerprint density at radius 3 is 1.16 bits per heavy atom. The third-order valence-electron chi connectivity index (χ3n) is 8.25. The van der Waals surface area contributed by atoms with E-state index in [1.54, 1.807) is 6.07 Å². The van der Waals surface area contributed by atoms with Crippen molar-refractivity contribution in [2.75, 3.05) is 0 Å². The first-order chi connectivity index (χ1) is 24.7. The van der Waals surface area contributed by atoms with Crippen LogP contribution in [0.15, 0.2) is 164 Å². The SMILES string of the molecule is N#Cc1ccccc1-c1nc(-c2ccccc2)nc(-c2cccc(-c3ccc(-c4nc(-c5ccccc5)nc(-c5ccccc5)n4)cc3)c2)n1. The molecule has 0 fully saturated rings. The number of benzene rings is 6. The van der Waals surface area contributed by atoms with Crippen LogP contribution in [0.1, 0.15) is 5.56 Å². The maximum atomic E-state index is 9.81. The van der Waals surface area contributed by atoms with E-state index in [2.05, 4.69) is 30.3 Å². The highest BCUT2D eigenvalue weighted by Crippen LogP contribution is 2.31. The first kappa shape index (κ1) is 30.2. The van der Waals surface area contributed by atoms with E-state index in [0.29, 0.717) is 46.1 Å². The van der Waals surface area contributed by atoms with Crippen molar-refractivity contribution < 1.29 is 0 Å². The molecular weight excluding hydrogens is 615 g/mol. The minimum atomic E-state index is 0.447. The van der Waals surface area contributed by atoms with E-state index in [-0.39, 0.29) is 0 Å². The molecule has 0 bridgehead atoms. The van der Waals surface area contributed by atoms with E-state index in [0.717, 1.165) is 38.9 Å². The van der Waals surface area contributed by atoms with E-state index in [1.165, 1.54) is 0 Å². The quantitative estimate of drug-likeness (QED) is 0.171. The highest BCUT2D eigenvalue weighted by atomic mass is 15.0. The van der Waals surface area contributed by atoms with Crippen LogP contribution in [0.3, 0.4) is 0 Å². The summed E-state index contributed by atoms with van der Waals surface area (Å²) in [5.41, 5.74) is 7.61. The highest BCUT2D eigenvalue weighted by Gasteiger charge is 2.16. The maximum Gasteiger partial charge on any atom is 0.165 e. The molecule has 0 aliphatic rings. The summed E-state index contributed by atoms with van der Waals surface area (Å²) in [6, 6.07) is 55.7. The van der Waals surface area contributed by atoms with Crippen molar-refractivity contribution in [3.8, 4) is 85.5 Å². The van der Waals surface area contributed by atoms with Gasteiger partial charge in [-0.05, 0) is 29.3 Å². The predicted octanol–water partition coefficient (Wildman–Crippen LogP) is 9.60. The number of aromatic nitrogens is 6. The van der Waals surface area contributed by atoms with Crippen LogP contribution in [0, 0.1) is 11.3 Å². The van der Waals surface area contributed by atoms with Gasteiger partial charge in [-0.1, -0.05) is 146 Å². The van der Waals surface area contributed by atoms with Crippen molar-refractivity contribution in [3.63, 3.8) is 0 Å². The van der Waals surface area contributed by atoms with Gasteiger partial charge in [0.05, 0.1) is 11.6 Å². The summed E-state index contributed by atoms with van der Waals surface area (Å²) in [7, 11) is 0. The van der Waals surface area contributed by atoms with Crippen LogP contribution in [0.5, 0.6) is 0 Å². The lowest BCUT2D eigenvalue weighted by Crippen LogP contribution is -2.01. The fourth-order valence-electron chi connectivity index (χ4n) is 5.70. The van der Waals surface area contributed by atoms with Gasteiger partial charge in [-0.2, -0.15) is 5.26 Å². The monoisotopic (exact) mass is 641 g/mol. The van der Waals surface area contributed by atoms with Crippen LogP contribution < -0.4 is 0 Å². The summed E-state index contributed by atoms with van der Waals surface area (Å²) in [5, 5.41) is 9.81. The van der Waals surface area contributed by atoms with Gasteiger partial charge in [0, 0.05) is 33.4 Å². The first-order valence-corrected chi connectivity index (χ1v) is 16.1. The fraction of sp³-hybridized carbons (Fsp3) is 0. The number of hydrogen-bond acceptors (Lipinski definition) is 7. The molecule has 0 unspecified atom stereocenters. The summed E-state index contributed by atoms with van der Waals surface area (Å²) in [6.45, 7) is 0. The van der Waals surface area contributed by atoms with E-state index in [9.17, 15) is 5.26 Å². The normalized spacial score (nSPS) is 10.8. The Hall–Kier alpha value is -7.17. The van der Waals surface area contributed by atoms with Crippen LogP contribution in [-0.2, 0) is 0 Å². The number of hydrogen-bond donors (Lipinski definition) is 0. The molecule has 0 aliphatic carbocycles. The van der Waals surface area contributed by atoms with E-state index < -0.39 is 0 Å². The largest absolute Gasteiger partial charge is 0.208 e. The maximum absolute atomic E-state index is 9.81. The van der Waals surface area contributed by atoms with E-state index in [1.807, 2.05) is 133 Å². The molecule has 0 N–H and O–H groups in total. The van der Waals surface area contributed by atoms with E-state index in [4.69, 9.17) is 29.9 Å². The van der Waals surface area contributed by atoms with Gasteiger partial charge in [-0.3, -0.25) is 0 Å². The van der Waals surface area contributed by atoms with Crippen LogP contribution in [0.2, 0.25) is 0 Å². The van der Waals surface area contributed by atoms with Crippen LogP contribution in [-0.4, -0.2) is 29.9 Å². The van der Waals surface area contributed by atoms with Gasteiger partial charge in [0.15, 0.2) is 34.9 Å². The standard InChI is InChI=1S/C43H27N7/c44-28-36-19-10-11-22-37(36)43-49-40(32-17-8-3-9-18-32)48-42(50-43)35-21-12-20-34(27-35)29-23-25-33(26-24-29)41-46-38(30-13-4-1-5-14-30)45-39(47-41)31-15-6-2-7-16-31/h1-27H. The lowest BCUT2D eigenvalue weighted by molar-refractivity contribution is 1.07. The van der Waals surface area contributed by atoms with Crippen molar-refractivity contribution in [2.24, 2.45) is 0 Å². The fourth-order valence-corrected chi connectivity index (χ4v) is 5.70. The zero-order chi connectivity index (χ0) is 33.7. The average Bonchev–Trinajstić information content (AvgIpc) is 3.21. The van der Waals surface area contributed by atoms with Crippen LogP contribution >= 0.6 is 0 Å². The Morgan fingerprint density at radius 2 is 0.660 bits per heavy atom. The third-order valence-corrected chi connectivity index (χ3v) is 8.25. The Morgan fingerprint density at radius 1 is 0.300 bits per heavy atom. The molecule has 7 nitrogen and oxygen atoms in total. The summed E-state index contributed by atoms with van der Waals surface area (Å²) < 4.78 is 0. The first-order valence-electron chi connectivity index (χ1n) is 16.1. The lowest BCUT2D eigenvalue weighted by Gasteiger charge is -2.11. The molecule has 0 spiro atoms. The smallest absolute Gasteiger partial charge is 0.165 e. The molecule has 8 aromatic rings. The Labute approximate surface area is 289 Å². The summed E-state index contributed by atoms with van der Waals surface area (Å²) >= 11 is 0. The van der Waals surface area contributed by atoms with Gasteiger partial charge in [-0.25, -0.2) is 29.9 Å². The predicted molar refractivity (Wildman–Crippen MR) is 196 cm³/mol. The molecule has 50 heavy (non-hydrogen) atoms. The van der Waals surface area contributed by atoms with Gasteiger partial charge in [0.1, 0.15) is 0 Å². The van der Waals surface area contributed by atoms with Crippen molar-refractivity contribution >= 4 is 0 Å². The zero-order valence-electron chi connectivity index (χ0n) is 26.7. The number of rotatable bonds is 7. The van der Waals surface area contributed by atoms with Crippen molar-refractivity contribution in [1.29, 1.82) is 5.26 Å². The molecule has 2 aromatic heterocycles. The number of nitriles is 1. The highest BCUT2D eigenvalue weighted by molar-refractivity contribution is 5.75. The minimum absolute atomic E-state index is 0.447. The molecule has 0 saturated heterocycles. The topological polar surface area (TPSA) is 101 Å². The van der Waals surface area contributed by atoms with Gasteiger partial charge >= 0.3 is 0 Å². The van der Waals surface area contributed by atoms with Crippen molar-refractivity contribution in [2.45, 2.75) is 0 Å². The molecular formula is C43H27N7. The van der Waals surface area contributed by atoms with Crippen LogP contribution in [0.4, 0.5) is 0 Å². The van der Waals surface area contributed by atoms with E-state index >= 15 is 0 Å². The Kier molecular flexibility index (Phi) is 8.16. The molecule has 2 heterocycles. The van der Waals surface area contributed by atoms with Gasteiger partial charge < -0.3 is 0 Å². The molecule has 8 rings (SSSR count). The second-order valence-electron chi connectivity index (χ2n) is 11.5. The van der Waals surface area contributed by atoms with Gasteiger partial charge in [-0.15, -0.1) is 0 Å². The average molecular weight is 642 g/mol. The summed E-state index contributed by atoms with van der Waals surface area (Å²) in [4.78, 5) is 29.1.